The molecule has 2 fully saturated rings. The fraction of sp³-hybridized carbons (Fsp3) is 0.593. The summed E-state index contributed by atoms with van der Waals surface area (Å²) in [7, 11) is 1.67. The number of hydrogen-bond acceptors (Lipinski definition) is 8. The van der Waals surface area contributed by atoms with Crippen molar-refractivity contribution < 1.29 is 14.3 Å². The number of nitrogens with zero attached hydrogens (tertiary/aromatic N) is 5. The minimum atomic E-state index is -0.443. The number of benzene rings is 1. The first kappa shape index (κ1) is 26.0. The van der Waals surface area contributed by atoms with Crippen LogP contribution in [0.25, 0.3) is 0 Å². The SMILES string of the molecule is COc1ccc(CNc2ncc(N3CCC(CN4CCN(C(=O)OC(C)(C)C)CC4)CC3)cn2)cc1. The number of carbonyl (C=O) groups is 1. The van der Waals surface area contributed by atoms with Gasteiger partial charge in [-0.2, -0.15) is 0 Å². The van der Waals surface area contributed by atoms with Crippen LogP contribution in [0.2, 0.25) is 0 Å². The lowest BCUT2D eigenvalue weighted by atomic mass is 9.95. The molecule has 0 aliphatic carbocycles. The summed E-state index contributed by atoms with van der Waals surface area (Å²) in [6.45, 7) is 12.8. The van der Waals surface area contributed by atoms with Crippen LogP contribution in [-0.2, 0) is 11.3 Å². The second-order valence-corrected chi connectivity index (χ2v) is 10.7. The normalized spacial score (nSPS) is 17.7. The van der Waals surface area contributed by atoms with E-state index in [1.54, 1.807) is 7.11 Å². The van der Waals surface area contributed by atoms with E-state index >= 15 is 0 Å². The predicted molar refractivity (Wildman–Crippen MR) is 142 cm³/mol. The highest BCUT2D eigenvalue weighted by Gasteiger charge is 2.28. The fourth-order valence-electron chi connectivity index (χ4n) is 4.68. The number of nitrogens with one attached hydrogen (secondary N) is 1. The van der Waals surface area contributed by atoms with Gasteiger partial charge < -0.3 is 24.6 Å². The summed E-state index contributed by atoms with van der Waals surface area (Å²) in [5.41, 5.74) is 1.78. The highest BCUT2D eigenvalue weighted by atomic mass is 16.6. The molecule has 2 aromatic rings. The summed E-state index contributed by atoms with van der Waals surface area (Å²) in [4.78, 5) is 28.0. The summed E-state index contributed by atoms with van der Waals surface area (Å²) in [6.07, 6.45) is 5.95. The van der Waals surface area contributed by atoms with E-state index in [4.69, 9.17) is 9.47 Å². The topological polar surface area (TPSA) is 83.1 Å². The van der Waals surface area contributed by atoms with Crippen LogP contribution in [0.3, 0.4) is 0 Å². The second-order valence-electron chi connectivity index (χ2n) is 10.7. The Labute approximate surface area is 214 Å². The lowest BCUT2D eigenvalue weighted by Crippen LogP contribution is -2.51. The fourth-order valence-corrected chi connectivity index (χ4v) is 4.68. The Hall–Kier alpha value is -3.07. The molecule has 2 saturated heterocycles. The third-order valence-electron chi connectivity index (χ3n) is 6.77. The summed E-state index contributed by atoms with van der Waals surface area (Å²) < 4.78 is 10.7. The molecule has 1 amide bonds. The maximum absolute atomic E-state index is 12.3. The molecule has 4 rings (SSSR count). The molecule has 1 aromatic carbocycles. The van der Waals surface area contributed by atoms with Crippen molar-refractivity contribution in [2.24, 2.45) is 5.92 Å². The quantitative estimate of drug-likeness (QED) is 0.619. The minimum Gasteiger partial charge on any atom is -0.497 e. The Morgan fingerprint density at radius 2 is 1.64 bits per heavy atom. The highest BCUT2D eigenvalue weighted by Crippen LogP contribution is 2.24. The van der Waals surface area contributed by atoms with Crippen LogP contribution in [0.1, 0.15) is 39.2 Å². The van der Waals surface area contributed by atoms with Gasteiger partial charge in [-0.15, -0.1) is 0 Å². The first-order valence-corrected chi connectivity index (χ1v) is 12.9. The summed E-state index contributed by atoms with van der Waals surface area (Å²) in [5, 5.41) is 3.28. The molecule has 2 aliphatic rings. The molecule has 0 bridgehead atoms. The third kappa shape index (κ3) is 7.46. The molecule has 9 heteroatoms. The van der Waals surface area contributed by atoms with Gasteiger partial charge in [0.2, 0.25) is 5.95 Å². The van der Waals surface area contributed by atoms with Crippen LogP contribution in [0.4, 0.5) is 16.4 Å². The van der Waals surface area contributed by atoms with Gasteiger partial charge in [0, 0.05) is 52.4 Å². The van der Waals surface area contributed by atoms with Gasteiger partial charge in [-0.05, 0) is 57.2 Å². The van der Waals surface area contributed by atoms with Crippen LogP contribution in [0, 0.1) is 5.92 Å². The molecule has 0 radical (unpaired) electrons. The predicted octanol–water partition coefficient (Wildman–Crippen LogP) is 3.87. The van der Waals surface area contributed by atoms with Crippen molar-refractivity contribution in [3.8, 4) is 5.75 Å². The first-order valence-electron chi connectivity index (χ1n) is 12.9. The van der Waals surface area contributed by atoms with Crippen molar-refractivity contribution in [3.63, 3.8) is 0 Å². The zero-order valence-corrected chi connectivity index (χ0v) is 22.1. The van der Waals surface area contributed by atoms with Gasteiger partial charge in [-0.25, -0.2) is 14.8 Å². The van der Waals surface area contributed by atoms with Gasteiger partial charge in [-0.3, -0.25) is 4.90 Å². The number of methoxy groups -OCH3 is 1. The standard InChI is InChI=1S/C27H40N6O3/c1-27(2,3)36-26(34)33-15-13-31(14-16-33)20-22-9-11-32(12-10-22)23-18-29-25(30-19-23)28-17-21-5-7-24(35-4)8-6-21/h5-8,18-19,22H,9-17,20H2,1-4H3,(H,28,29,30). The van der Waals surface area contributed by atoms with Crippen LogP contribution < -0.4 is 15.0 Å². The third-order valence-corrected chi connectivity index (χ3v) is 6.77. The lowest BCUT2D eigenvalue weighted by Gasteiger charge is -2.39. The molecule has 9 nitrogen and oxygen atoms in total. The average molecular weight is 497 g/mol. The molecule has 3 heterocycles. The van der Waals surface area contributed by atoms with E-state index in [1.807, 2.05) is 62.3 Å². The Bertz CT molecular complexity index is 960. The number of anilines is 2. The molecule has 196 valence electrons. The van der Waals surface area contributed by atoms with Crippen molar-refractivity contribution in [3.05, 3.63) is 42.2 Å². The number of rotatable bonds is 7. The summed E-state index contributed by atoms with van der Waals surface area (Å²) >= 11 is 0. The number of carbonyl (C=O) groups excluding carboxylic acids is 1. The van der Waals surface area contributed by atoms with E-state index < -0.39 is 5.60 Å². The molecule has 0 spiro atoms. The summed E-state index contributed by atoms with van der Waals surface area (Å²) in [6, 6.07) is 7.97. The van der Waals surface area contributed by atoms with Crippen LogP contribution in [-0.4, -0.2) is 84.4 Å². The molecular weight excluding hydrogens is 456 g/mol. The summed E-state index contributed by atoms with van der Waals surface area (Å²) in [5.74, 6) is 2.17. The van der Waals surface area contributed by atoms with Crippen LogP contribution in [0.15, 0.2) is 36.7 Å². The first-order chi connectivity index (χ1) is 17.3. The van der Waals surface area contributed by atoms with E-state index in [2.05, 4.69) is 25.1 Å². The van der Waals surface area contributed by atoms with Gasteiger partial charge in [0.25, 0.3) is 0 Å². The van der Waals surface area contributed by atoms with E-state index in [-0.39, 0.29) is 6.09 Å². The van der Waals surface area contributed by atoms with Crippen molar-refractivity contribution in [2.45, 2.75) is 45.8 Å². The molecule has 1 N–H and O–H groups in total. The van der Waals surface area contributed by atoms with Gasteiger partial charge in [0.1, 0.15) is 11.4 Å². The Kier molecular flexibility index (Phi) is 8.51. The van der Waals surface area contributed by atoms with Crippen LogP contribution in [0.5, 0.6) is 5.75 Å². The number of piperidine rings is 1. The van der Waals surface area contributed by atoms with E-state index in [1.165, 1.54) is 0 Å². The average Bonchev–Trinajstić information content (AvgIpc) is 2.88. The largest absolute Gasteiger partial charge is 0.497 e. The molecular formula is C27H40N6O3. The monoisotopic (exact) mass is 496 g/mol. The van der Waals surface area contributed by atoms with E-state index in [9.17, 15) is 4.79 Å². The van der Waals surface area contributed by atoms with Crippen molar-refractivity contribution in [2.75, 3.05) is 63.1 Å². The number of ether oxygens (including phenoxy) is 2. The number of amides is 1. The number of hydrogen-bond donors (Lipinski definition) is 1. The van der Waals surface area contributed by atoms with Crippen LogP contribution >= 0.6 is 0 Å². The minimum absolute atomic E-state index is 0.195. The smallest absolute Gasteiger partial charge is 0.410 e. The van der Waals surface area contributed by atoms with Crippen molar-refractivity contribution in [1.29, 1.82) is 0 Å². The van der Waals surface area contributed by atoms with E-state index in [0.29, 0.717) is 18.4 Å². The molecule has 36 heavy (non-hydrogen) atoms. The van der Waals surface area contributed by atoms with Gasteiger partial charge in [-0.1, -0.05) is 12.1 Å². The zero-order chi connectivity index (χ0) is 25.5. The molecule has 0 atom stereocenters. The van der Waals surface area contributed by atoms with E-state index in [0.717, 1.165) is 75.7 Å². The maximum atomic E-state index is 12.3. The number of aromatic nitrogens is 2. The Balaban J connectivity index is 1.16. The molecule has 1 aromatic heterocycles. The maximum Gasteiger partial charge on any atom is 0.410 e. The second kappa shape index (κ2) is 11.8. The van der Waals surface area contributed by atoms with Gasteiger partial charge >= 0.3 is 6.09 Å². The molecule has 0 unspecified atom stereocenters. The Morgan fingerprint density at radius 3 is 2.22 bits per heavy atom. The van der Waals surface area contributed by atoms with Crippen molar-refractivity contribution in [1.82, 2.24) is 19.8 Å². The van der Waals surface area contributed by atoms with Crippen molar-refractivity contribution >= 4 is 17.7 Å². The van der Waals surface area contributed by atoms with Gasteiger partial charge in [0.15, 0.2) is 0 Å². The lowest BCUT2D eigenvalue weighted by molar-refractivity contribution is 0.0130. The zero-order valence-electron chi connectivity index (χ0n) is 22.1. The molecule has 0 saturated carbocycles. The Morgan fingerprint density at radius 1 is 1.00 bits per heavy atom. The van der Waals surface area contributed by atoms with Gasteiger partial charge in [0.05, 0.1) is 25.2 Å². The molecule has 2 aliphatic heterocycles. The highest BCUT2D eigenvalue weighted by molar-refractivity contribution is 5.68. The number of piperazine rings is 1.